The van der Waals surface area contributed by atoms with Crippen molar-refractivity contribution in [2.45, 2.75) is 70.1 Å². The van der Waals surface area contributed by atoms with Crippen LogP contribution in [0.15, 0.2) is 60.8 Å². The summed E-state index contributed by atoms with van der Waals surface area (Å²) in [5, 5.41) is 18.4. The molecule has 0 heterocycles. The summed E-state index contributed by atoms with van der Waals surface area (Å²) in [5.74, 6) is -0.748. The lowest BCUT2D eigenvalue weighted by molar-refractivity contribution is -0.137. The molecule has 0 spiro atoms. The minimum atomic E-state index is -0.748. The molecule has 0 saturated carbocycles. The summed E-state index contributed by atoms with van der Waals surface area (Å²) in [5.41, 5.74) is 0.469. The molecule has 4 heteroatoms. The molecule has 0 aliphatic rings. The number of hydrogen-bond donors (Lipinski definition) is 2. The molecule has 0 aliphatic heterocycles. The molecular weight excluding hydrogens is 343 g/mol. The smallest absolute Gasteiger partial charge is 0.303 e. The Morgan fingerprint density at radius 1 is 0.923 bits per heavy atom. The Morgan fingerprint density at radius 2 is 1.62 bits per heavy atom. The topological polar surface area (TPSA) is 57.5 Å². The van der Waals surface area contributed by atoms with Gasteiger partial charge in [0.25, 0.3) is 0 Å². The second-order valence-corrected chi connectivity index (χ2v) is 7.10. The number of carboxylic acid groups (broad SMARTS) is 1. The van der Waals surface area contributed by atoms with Gasteiger partial charge >= 0.3 is 5.97 Å². The van der Waals surface area contributed by atoms with E-state index in [1.165, 1.54) is 0 Å². The van der Waals surface area contributed by atoms with E-state index in [4.69, 9.17) is 5.11 Å². The van der Waals surface area contributed by atoms with Crippen molar-refractivity contribution < 1.29 is 15.0 Å². The summed E-state index contributed by atoms with van der Waals surface area (Å²) in [7, 11) is 2.83. The molecular formula is C22H35O3P. The number of aliphatic hydroxyl groups excluding tert-OH is 1. The third kappa shape index (κ3) is 18.9. The average molecular weight is 378 g/mol. The maximum Gasteiger partial charge on any atom is 0.303 e. The Balaban J connectivity index is 3.76. The maximum absolute atomic E-state index is 10.4. The van der Waals surface area contributed by atoms with Gasteiger partial charge in [0, 0.05) is 6.42 Å². The van der Waals surface area contributed by atoms with Crippen LogP contribution in [0.1, 0.15) is 58.3 Å². The van der Waals surface area contributed by atoms with Crippen molar-refractivity contribution in [1.29, 1.82) is 0 Å². The number of aliphatic hydroxyl groups is 1. The summed E-state index contributed by atoms with van der Waals surface area (Å²) in [4.78, 5) is 10.4. The van der Waals surface area contributed by atoms with E-state index in [-0.39, 0.29) is 12.5 Å². The van der Waals surface area contributed by atoms with E-state index in [9.17, 15) is 9.90 Å². The Labute approximate surface area is 161 Å². The second kappa shape index (κ2) is 18.4. The van der Waals surface area contributed by atoms with Gasteiger partial charge in [-0.1, -0.05) is 80.5 Å². The zero-order chi connectivity index (χ0) is 19.5. The van der Waals surface area contributed by atoms with Crippen molar-refractivity contribution in [2.24, 2.45) is 0 Å². The molecule has 0 aromatic rings. The molecule has 0 amide bonds. The number of hydrogen-bond acceptors (Lipinski definition) is 2. The molecule has 3 unspecified atom stereocenters. The molecule has 3 atom stereocenters. The Morgan fingerprint density at radius 3 is 2.31 bits per heavy atom. The predicted octanol–water partition coefficient (Wildman–Crippen LogP) is 5.60. The summed E-state index contributed by atoms with van der Waals surface area (Å²) in [6.07, 6.45) is 26.2. The largest absolute Gasteiger partial charge is 0.481 e. The first-order valence-electron chi connectivity index (χ1n) is 9.53. The van der Waals surface area contributed by atoms with Gasteiger partial charge in [0.2, 0.25) is 0 Å². The molecule has 0 aromatic heterocycles. The van der Waals surface area contributed by atoms with Crippen LogP contribution in [0.4, 0.5) is 0 Å². The third-order valence-electron chi connectivity index (χ3n) is 3.70. The first-order valence-corrected chi connectivity index (χ1v) is 10.2. The van der Waals surface area contributed by atoms with Crippen LogP contribution in [0.5, 0.6) is 0 Å². The molecule has 0 fully saturated rings. The summed E-state index contributed by atoms with van der Waals surface area (Å²) in [6.45, 7) is 2.14. The van der Waals surface area contributed by atoms with Gasteiger partial charge in [-0.15, -0.1) is 9.24 Å². The predicted molar refractivity (Wildman–Crippen MR) is 115 cm³/mol. The third-order valence-corrected chi connectivity index (χ3v) is 4.19. The molecule has 0 aliphatic carbocycles. The summed E-state index contributed by atoms with van der Waals surface area (Å²) < 4.78 is 0. The number of allylic oxidation sites excluding steroid dienone is 9. The van der Waals surface area contributed by atoms with E-state index in [0.717, 1.165) is 32.1 Å². The molecule has 0 aromatic carbocycles. The minimum absolute atomic E-state index is 0.219. The van der Waals surface area contributed by atoms with Gasteiger partial charge in [-0.05, 0) is 37.8 Å². The molecule has 0 bridgehead atoms. The number of unbranched alkanes of at least 4 members (excludes halogenated alkanes) is 2. The fourth-order valence-corrected chi connectivity index (χ4v) is 2.51. The zero-order valence-corrected chi connectivity index (χ0v) is 17.1. The highest BCUT2D eigenvalue weighted by Gasteiger charge is 2.02. The highest BCUT2D eigenvalue weighted by molar-refractivity contribution is 7.17. The fourth-order valence-electron chi connectivity index (χ4n) is 2.23. The minimum Gasteiger partial charge on any atom is -0.481 e. The van der Waals surface area contributed by atoms with Crippen LogP contribution in [0.3, 0.4) is 0 Å². The normalized spacial score (nSPS) is 15.2. The van der Waals surface area contributed by atoms with Gasteiger partial charge in [-0.3, -0.25) is 4.79 Å². The van der Waals surface area contributed by atoms with Gasteiger partial charge < -0.3 is 10.2 Å². The monoisotopic (exact) mass is 378 g/mol. The van der Waals surface area contributed by atoms with Gasteiger partial charge in [0.1, 0.15) is 0 Å². The first-order chi connectivity index (χ1) is 12.6. The zero-order valence-electron chi connectivity index (χ0n) is 16.0. The van der Waals surface area contributed by atoms with Gasteiger partial charge in [0.15, 0.2) is 0 Å². The van der Waals surface area contributed by atoms with Crippen molar-refractivity contribution >= 4 is 15.2 Å². The van der Waals surface area contributed by atoms with Crippen LogP contribution >= 0.6 is 9.24 Å². The van der Waals surface area contributed by atoms with Crippen LogP contribution in [-0.2, 0) is 4.79 Å². The summed E-state index contributed by atoms with van der Waals surface area (Å²) in [6, 6.07) is 0. The van der Waals surface area contributed by atoms with Crippen molar-refractivity contribution in [2.75, 3.05) is 0 Å². The van der Waals surface area contributed by atoms with Crippen molar-refractivity contribution in [3.05, 3.63) is 60.8 Å². The van der Waals surface area contributed by atoms with E-state index >= 15 is 0 Å². The SMILES string of the molecule is CC/C=C\CC(P)/C=C/C=C\C=C/C=C\CC(O)CCCCCC(=O)O. The maximum atomic E-state index is 10.4. The van der Waals surface area contributed by atoms with Crippen LogP contribution in [0, 0.1) is 0 Å². The lowest BCUT2D eigenvalue weighted by Gasteiger charge is -2.06. The van der Waals surface area contributed by atoms with E-state index < -0.39 is 5.97 Å². The quantitative estimate of drug-likeness (QED) is 0.169. The van der Waals surface area contributed by atoms with E-state index in [2.05, 4.69) is 40.5 Å². The van der Waals surface area contributed by atoms with Crippen molar-refractivity contribution in [3.63, 3.8) is 0 Å². The molecule has 3 nitrogen and oxygen atoms in total. The number of carbonyl (C=O) groups is 1. The van der Waals surface area contributed by atoms with E-state index in [1.54, 1.807) is 0 Å². The lowest BCUT2D eigenvalue weighted by atomic mass is 10.1. The number of rotatable bonds is 15. The molecule has 26 heavy (non-hydrogen) atoms. The Hall–Kier alpha value is -1.44. The van der Waals surface area contributed by atoms with Crippen molar-refractivity contribution in [3.8, 4) is 0 Å². The van der Waals surface area contributed by atoms with E-state index in [0.29, 0.717) is 18.5 Å². The van der Waals surface area contributed by atoms with E-state index in [1.807, 2.05) is 36.5 Å². The number of carboxylic acids is 1. The van der Waals surface area contributed by atoms with Gasteiger partial charge in [0.05, 0.1) is 6.10 Å². The van der Waals surface area contributed by atoms with Crippen molar-refractivity contribution in [1.82, 2.24) is 0 Å². The van der Waals surface area contributed by atoms with Crippen LogP contribution < -0.4 is 0 Å². The van der Waals surface area contributed by atoms with Crippen LogP contribution in [-0.4, -0.2) is 27.9 Å². The lowest BCUT2D eigenvalue weighted by Crippen LogP contribution is -2.04. The number of aliphatic carboxylic acids is 1. The molecule has 0 rings (SSSR count). The standard InChI is InChI=1S/C22H35O3P/c1-2-3-10-17-21(26)18-13-8-6-4-5-7-11-15-20(23)16-12-9-14-19-22(24)25/h3-8,10-11,13,18,20-21,23H,2,9,12,14-17,19,26H2,1H3,(H,24,25)/b5-4-,8-6-,10-3-,11-7-,18-13+. The highest BCUT2D eigenvalue weighted by atomic mass is 31.0. The Kier molecular flexibility index (Phi) is 17.3. The van der Waals surface area contributed by atoms with Crippen LogP contribution in [0.2, 0.25) is 0 Å². The highest BCUT2D eigenvalue weighted by Crippen LogP contribution is 2.09. The molecule has 0 radical (unpaired) electrons. The fraction of sp³-hybridized carbons (Fsp3) is 0.500. The molecule has 0 saturated heterocycles. The first kappa shape index (κ1) is 24.6. The molecule has 2 N–H and O–H groups in total. The average Bonchev–Trinajstić information content (AvgIpc) is 2.60. The Bertz CT molecular complexity index is 490. The van der Waals surface area contributed by atoms with Gasteiger partial charge in [-0.25, -0.2) is 0 Å². The molecule has 146 valence electrons. The second-order valence-electron chi connectivity index (χ2n) is 6.24. The summed E-state index contributed by atoms with van der Waals surface area (Å²) >= 11 is 0. The van der Waals surface area contributed by atoms with Gasteiger partial charge in [-0.2, -0.15) is 0 Å². The van der Waals surface area contributed by atoms with Crippen LogP contribution in [0.25, 0.3) is 0 Å².